The highest BCUT2D eigenvalue weighted by atomic mass is 19.4. The van der Waals surface area contributed by atoms with Crippen LogP contribution in [0.3, 0.4) is 0 Å². The zero-order chi connectivity index (χ0) is 22.2. The molecule has 0 fully saturated rings. The van der Waals surface area contributed by atoms with Crippen LogP contribution in [0.25, 0.3) is 0 Å². The second kappa shape index (κ2) is 10.4. The summed E-state index contributed by atoms with van der Waals surface area (Å²) >= 11 is 0. The van der Waals surface area contributed by atoms with Crippen molar-refractivity contribution < 1.29 is 46.9 Å². The number of esters is 2. The molecule has 0 aromatic heterocycles. The van der Waals surface area contributed by atoms with E-state index in [9.17, 15) is 37.5 Å². The van der Waals surface area contributed by atoms with E-state index in [0.717, 1.165) is 12.1 Å². The molecule has 1 aromatic rings. The molecule has 0 saturated carbocycles. The summed E-state index contributed by atoms with van der Waals surface area (Å²) in [6.07, 6.45) is -5.27. The van der Waals surface area contributed by atoms with Gasteiger partial charge in [-0.15, -0.1) is 0 Å². The summed E-state index contributed by atoms with van der Waals surface area (Å²) in [5.41, 5.74) is -1.25. The average molecular weight is 419 g/mol. The first-order valence-electron chi connectivity index (χ1n) is 8.54. The predicted molar refractivity (Wildman–Crippen MR) is 91.7 cm³/mol. The molecule has 160 valence electrons. The van der Waals surface area contributed by atoms with Gasteiger partial charge in [-0.05, 0) is 38.1 Å². The quantitative estimate of drug-likeness (QED) is 0.588. The maximum absolute atomic E-state index is 12.6. The molecule has 8 nitrogen and oxygen atoms in total. The van der Waals surface area contributed by atoms with Crippen LogP contribution < -0.4 is 5.32 Å². The summed E-state index contributed by atoms with van der Waals surface area (Å²) in [7, 11) is 0. The van der Waals surface area contributed by atoms with Gasteiger partial charge in [0.1, 0.15) is 6.04 Å². The van der Waals surface area contributed by atoms with Crippen LogP contribution in [0, 0.1) is 5.92 Å². The Kier molecular flexibility index (Phi) is 8.61. The first-order valence-corrected chi connectivity index (χ1v) is 8.54. The molecule has 0 spiro atoms. The number of alkyl halides is 3. The number of ether oxygens (including phenoxy) is 2. The van der Waals surface area contributed by atoms with Crippen molar-refractivity contribution in [1.82, 2.24) is 5.32 Å². The van der Waals surface area contributed by atoms with Crippen LogP contribution in [0.4, 0.5) is 13.2 Å². The van der Waals surface area contributed by atoms with Crippen molar-refractivity contribution >= 4 is 23.8 Å². The van der Waals surface area contributed by atoms with Gasteiger partial charge < -0.3 is 19.9 Å². The van der Waals surface area contributed by atoms with Crippen molar-refractivity contribution in [2.24, 2.45) is 5.92 Å². The lowest BCUT2D eigenvalue weighted by Crippen LogP contribution is -2.49. The van der Waals surface area contributed by atoms with Crippen molar-refractivity contribution in [3.8, 4) is 0 Å². The second-order valence-electron chi connectivity index (χ2n) is 5.73. The van der Waals surface area contributed by atoms with Crippen LogP contribution in [0.1, 0.15) is 36.2 Å². The van der Waals surface area contributed by atoms with Crippen LogP contribution in [0.5, 0.6) is 0 Å². The van der Waals surface area contributed by atoms with E-state index in [4.69, 9.17) is 9.47 Å². The lowest BCUT2D eigenvalue weighted by Gasteiger charge is -2.23. The van der Waals surface area contributed by atoms with Gasteiger partial charge in [0.05, 0.1) is 31.1 Å². The lowest BCUT2D eigenvalue weighted by molar-refractivity contribution is -0.159. The molecule has 1 aromatic carbocycles. The highest BCUT2D eigenvalue weighted by Crippen LogP contribution is 2.29. The SMILES string of the molecule is CCOC(=O)C[C@@H](C(=O)OCC)[C@H](NC(=O)c1ccc(C(F)(F)F)cc1)C(=O)O. The van der Waals surface area contributed by atoms with Crippen LogP contribution in [-0.2, 0) is 30.0 Å². The number of amides is 1. The molecular formula is C18H20F3NO7. The fourth-order valence-electron chi connectivity index (χ4n) is 2.36. The first kappa shape index (κ1) is 23.9. The minimum atomic E-state index is -4.60. The van der Waals surface area contributed by atoms with Gasteiger partial charge in [0.15, 0.2) is 0 Å². The average Bonchev–Trinajstić information content (AvgIpc) is 2.64. The van der Waals surface area contributed by atoms with E-state index < -0.39 is 53.9 Å². The summed E-state index contributed by atoms with van der Waals surface area (Å²) in [4.78, 5) is 47.8. The van der Waals surface area contributed by atoms with Gasteiger partial charge in [-0.3, -0.25) is 14.4 Å². The fourth-order valence-corrected chi connectivity index (χ4v) is 2.36. The molecule has 2 atom stereocenters. The van der Waals surface area contributed by atoms with Crippen molar-refractivity contribution in [3.05, 3.63) is 35.4 Å². The largest absolute Gasteiger partial charge is 0.480 e. The highest BCUT2D eigenvalue weighted by molar-refractivity contribution is 5.98. The molecule has 0 heterocycles. The Morgan fingerprint density at radius 2 is 1.59 bits per heavy atom. The van der Waals surface area contributed by atoms with Gasteiger partial charge >= 0.3 is 24.1 Å². The molecule has 0 aliphatic carbocycles. The number of aliphatic carboxylic acids is 1. The van der Waals surface area contributed by atoms with Crippen molar-refractivity contribution in [3.63, 3.8) is 0 Å². The summed E-state index contributed by atoms with van der Waals surface area (Å²) in [6.45, 7) is 2.87. The highest BCUT2D eigenvalue weighted by Gasteiger charge is 2.38. The fraction of sp³-hybridized carbons (Fsp3) is 0.444. The number of hydrogen-bond donors (Lipinski definition) is 2. The third-order valence-electron chi connectivity index (χ3n) is 3.71. The van der Waals surface area contributed by atoms with E-state index in [1.54, 1.807) is 0 Å². The monoisotopic (exact) mass is 419 g/mol. The van der Waals surface area contributed by atoms with Crippen molar-refractivity contribution in [1.29, 1.82) is 0 Å². The maximum atomic E-state index is 12.6. The number of carbonyl (C=O) groups is 4. The van der Waals surface area contributed by atoms with E-state index >= 15 is 0 Å². The van der Waals surface area contributed by atoms with Crippen LogP contribution in [0.2, 0.25) is 0 Å². The number of halogens is 3. The molecule has 0 unspecified atom stereocenters. The number of hydrogen-bond acceptors (Lipinski definition) is 6. The molecule has 29 heavy (non-hydrogen) atoms. The lowest BCUT2D eigenvalue weighted by atomic mass is 9.95. The first-order chi connectivity index (χ1) is 13.5. The van der Waals surface area contributed by atoms with Gasteiger partial charge in [0.2, 0.25) is 0 Å². The van der Waals surface area contributed by atoms with Gasteiger partial charge in [-0.25, -0.2) is 4.79 Å². The van der Waals surface area contributed by atoms with E-state index in [2.05, 4.69) is 0 Å². The van der Waals surface area contributed by atoms with Gasteiger partial charge in [0.25, 0.3) is 5.91 Å². The topological polar surface area (TPSA) is 119 Å². The van der Waals surface area contributed by atoms with E-state index in [0.29, 0.717) is 12.1 Å². The summed E-state index contributed by atoms with van der Waals surface area (Å²) in [6, 6.07) is 1.18. The van der Waals surface area contributed by atoms with Crippen molar-refractivity contribution in [2.75, 3.05) is 13.2 Å². The molecule has 1 rings (SSSR count). The van der Waals surface area contributed by atoms with E-state index in [-0.39, 0.29) is 18.8 Å². The molecule has 0 aliphatic rings. The summed E-state index contributed by atoms with van der Waals surface area (Å²) < 4.78 is 47.3. The Morgan fingerprint density at radius 1 is 1.03 bits per heavy atom. The Labute approximate surface area is 164 Å². The molecule has 2 N–H and O–H groups in total. The summed E-state index contributed by atoms with van der Waals surface area (Å²) in [5.74, 6) is -6.18. The van der Waals surface area contributed by atoms with Crippen LogP contribution >= 0.6 is 0 Å². The number of carboxylic acid groups (broad SMARTS) is 1. The van der Waals surface area contributed by atoms with Crippen LogP contribution in [0.15, 0.2) is 24.3 Å². The Balaban J connectivity index is 3.08. The Bertz CT molecular complexity index is 747. The van der Waals surface area contributed by atoms with E-state index in [1.807, 2.05) is 5.32 Å². The number of benzene rings is 1. The van der Waals surface area contributed by atoms with Gasteiger partial charge in [-0.1, -0.05) is 0 Å². The Hall–Kier alpha value is -3.11. The number of carboxylic acids is 1. The van der Waals surface area contributed by atoms with Gasteiger partial charge in [-0.2, -0.15) is 13.2 Å². The smallest absolute Gasteiger partial charge is 0.416 e. The van der Waals surface area contributed by atoms with Crippen molar-refractivity contribution in [2.45, 2.75) is 32.5 Å². The number of carbonyl (C=O) groups excluding carboxylic acids is 3. The van der Waals surface area contributed by atoms with Crippen LogP contribution in [-0.4, -0.2) is 48.2 Å². The van der Waals surface area contributed by atoms with E-state index in [1.165, 1.54) is 13.8 Å². The minimum absolute atomic E-state index is 0.00989. The third kappa shape index (κ3) is 7.09. The molecule has 0 radical (unpaired) electrons. The molecule has 0 saturated heterocycles. The second-order valence-corrected chi connectivity index (χ2v) is 5.73. The zero-order valence-corrected chi connectivity index (χ0v) is 15.6. The molecular weight excluding hydrogens is 399 g/mol. The number of nitrogens with one attached hydrogen (secondary N) is 1. The Morgan fingerprint density at radius 3 is 2.03 bits per heavy atom. The van der Waals surface area contributed by atoms with Gasteiger partial charge in [0, 0.05) is 5.56 Å². The predicted octanol–water partition coefficient (Wildman–Crippen LogP) is 2.02. The maximum Gasteiger partial charge on any atom is 0.416 e. The standard InChI is InChI=1S/C18H20F3NO7/c1-3-28-13(23)9-12(17(27)29-4-2)14(16(25)26)22-15(24)10-5-7-11(8-6-10)18(19,20)21/h5-8,12,14H,3-4,9H2,1-2H3,(H,22,24)(H,25,26)/t12-,14+/m1/s1. The normalized spacial score (nSPS) is 13.1. The molecule has 11 heteroatoms. The minimum Gasteiger partial charge on any atom is -0.480 e. The molecule has 1 amide bonds. The molecule has 0 aliphatic heterocycles. The molecule has 0 bridgehead atoms. The third-order valence-corrected chi connectivity index (χ3v) is 3.71. The number of rotatable bonds is 9. The zero-order valence-electron chi connectivity index (χ0n) is 15.6. The summed E-state index contributed by atoms with van der Waals surface area (Å²) in [5, 5.41) is 11.5.